The van der Waals surface area contributed by atoms with Gasteiger partial charge in [-0.3, -0.25) is 9.69 Å². The number of hydrogen-bond donors (Lipinski definition) is 1. The molecule has 0 saturated carbocycles. The van der Waals surface area contributed by atoms with E-state index in [0.29, 0.717) is 43.0 Å². The highest BCUT2D eigenvalue weighted by atomic mass is 19.1. The van der Waals surface area contributed by atoms with Crippen LogP contribution in [0.4, 0.5) is 8.78 Å². The van der Waals surface area contributed by atoms with E-state index in [2.05, 4.69) is 15.2 Å². The molecule has 0 aliphatic carbocycles. The third-order valence-electron chi connectivity index (χ3n) is 7.52. The molecule has 0 saturated heterocycles. The van der Waals surface area contributed by atoms with Gasteiger partial charge in [-0.1, -0.05) is 48.5 Å². The lowest BCUT2D eigenvalue weighted by atomic mass is 9.86. The smallest absolute Gasteiger partial charge is 0.304 e. The number of fused-ring (bicyclic) bond motifs is 2. The molecule has 0 amide bonds. The predicted molar refractivity (Wildman–Crippen MR) is 144 cm³/mol. The Bertz CT molecular complexity index is 1520. The molecule has 1 aromatic heterocycles. The Labute approximate surface area is 226 Å². The first-order valence-corrected chi connectivity index (χ1v) is 13.3. The van der Waals surface area contributed by atoms with Gasteiger partial charge in [0, 0.05) is 37.7 Å². The van der Waals surface area contributed by atoms with E-state index in [1.54, 1.807) is 22.9 Å². The lowest BCUT2D eigenvalue weighted by Gasteiger charge is -2.25. The topological polar surface area (TPSA) is 80.5 Å². The van der Waals surface area contributed by atoms with E-state index < -0.39 is 17.7 Å². The Morgan fingerprint density at radius 3 is 2.74 bits per heavy atom. The van der Waals surface area contributed by atoms with Gasteiger partial charge >= 0.3 is 5.97 Å². The minimum Gasteiger partial charge on any atom is -0.486 e. The molecule has 1 aliphatic heterocycles. The summed E-state index contributed by atoms with van der Waals surface area (Å²) in [4.78, 5) is 14.1. The van der Waals surface area contributed by atoms with Crippen molar-refractivity contribution in [2.45, 2.75) is 65.3 Å². The number of aromatic nitrogens is 3. The fourth-order valence-electron chi connectivity index (χ4n) is 5.36. The van der Waals surface area contributed by atoms with Crippen LogP contribution in [-0.4, -0.2) is 43.6 Å². The van der Waals surface area contributed by atoms with Crippen LogP contribution in [0.25, 0.3) is 11.0 Å². The van der Waals surface area contributed by atoms with Crippen molar-refractivity contribution in [1.29, 1.82) is 0 Å². The molecule has 39 heavy (non-hydrogen) atoms. The zero-order valence-electron chi connectivity index (χ0n) is 22.3. The van der Waals surface area contributed by atoms with Crippen molar-refractivity contribution >= 4 is 17.0 Å². The molecule has 9 heteroatoms. The number of benzene rings is 3. The predicted octanol–water partition coefficient (Wildman–Crippen LogP) is 5.82. The summed E-state index contributed by atoms with van der Waals surface area (Å²) >= 11 is 0. The van der Waals surface area contributed by atoms with Crippen molar-refractivity contribution < 1.29 is 23.4 Å². The van der Waals surface area contributed by atoms with E-state index in [4.69, 9.17) is 4.74 Å². The van der Waals surface area contributed by atoms with Crippen molar-refractivity contribution in [3.8, 4) is 5.75 Å². The molecule has 7 nitrogen and oxygen atoms in total. The average Bonchev–Trinajstić information content (AvgIpc) is 3.25. The second-order valence-electron chi connectivity index (χ2n) is 10.1. The molecular weight excluding hydrogens is 502 g/mol. The highest BCUT2D eigenvalue weighted by molar-refractivity contribution is 5.77. The lowest BCUT2D eigenvalue weighted by Crippen LogP contribution is -2.32. The van der Waals surface area contributed by atoms with Gasteiger partial charge in [0.25, 0.3) is 0 Å². The summed E-state index contributed by atoms with van der Waals surface area (Å²) in [7, 11) is 0. The quantitative estimate of drug-likeness (QED) is 0.307. The minimum atomic E-state index is -1.02. The zero-order chi connectivity index (χ0) is 27.7. The van der Waals surface area contributed by atoms with Gasteiger partial charge in [-0.05, 0) is 54.7 Å². The van der Waals surface area contributed by atoms with Crippen LogP contribution in [-0.2, 0) is 24.4 Å². The van der Waals surface area contributed by atoms with Crippen LogP contribution in [0.3, 0.4) is 0 Å². The van der Waals surface area contributed by atoms with Gasteiger partial charge in [0.1, 0.15) is 11.6 Å². The summed E-state index contributed by atoms with van der Waals surface area (Å²) in [5, 5.41) is 17.8. The van der Waals surface area contributed by atoms with E-state index in [-0.39, 0.29) is 29.4 Å². The van der Waals surface area contributed by atoms with Crippen LogP contribution >= 0.6 is 0 Å². The Morgan fingerprint density at radius 2 is 2.00 bits per heavy atom. The summed E-state index contributed by atoms with van der Waals surface area (Å²) < 4.78 is 37.8. The number of carboxylic acids is 1. The fraction of sp³-hybridized carbons (Fsp3) is 0.367. The van der Waals surface area contributed by atoms with E-state index in [9.17, 15) is 14.3 Å². The number of carboxylic acid groups (broad SMARTS) is 1. The van der Waals surface area contributed by atoms with Gasteiger partial charge in [-0.2, -0.15) is 0 Å². The lowest BCUT2D eigenvalue weighted by molar-refractivity contribution is -0.137. The Hall–Kier alpha value is -3.85. The number of halogens is 2. The van der Waals surface area contributed by atoms with Crippen LogP contribution in [0.2, 0.25) is 0 Å². The van der Waals surface area contributed by atoms with Gasteiger partial charge in [-0.15, -0.1) is 5.10 Å². The fourth-order valence-corrected chi connectivity index (χ4v) is 5.36. The molecule has 3 aromatic carbocycles. The van der Waals surface area contributed by atoms with E-state index in [0.717, 1.165) is 23.1 Å². The maximum atomic E-state index is 15.7. The largest absolute Gasteiger partial charge is 0.486 e. The SMILES string of the molecule is CC[C@@H]1CN(Cc2cc([C@H](CC(=O)O)c3ccc4c(nnn4CC)c3F)ccc2C)Cc2cccc(F)c2O1. The second-order valence-corrected chi connectivity index (χ2v) is 10.1. The number of para-hydroxylation sites is 1. The van der Waals surface area contributed by atoms with Crippen molar-refractivity contribution in [2.75, 3.05) is 6.54 Å². The molecule has 204 valence electrons. The van der Waals surface area contributed by atoms with Gasteiger partial charge in [0.15, 0.2) is 17.4 Å². The molecule has 0 bridgehead atoms. The Morgan fingerprint density at radius 1 is 1.18 bits per heavy atom. The van der Waals surface area contributed by atoms with E-state index >= 15 is 4.39 Å². The van der Waals surface area contributed by atoms with Gasteiger partial charge in [0.05, 0.1) is 11.9 Å². The maximum absolute atomic E-state index is 15.7. The number of aliphatic carboxylic acids is 1. The Balaban J connectivity index is 1.50. The zero-order valence-corrected chi connectivity index (χ0v) is 22.3. The molecule has 0 unspecified atom stereocenters. The molecular formula is C30H32F2N4O3. The number of ether oxygens (including phenoxy) is 1. The summed E-state index contributed by atoms with van der Waals surface area (Å²) in [6.45, 7) is 8.15. The molecule has 0 radical (unpaired) electrons. The summed E-state index contributed by atoms with van der Waals surface area (Å²) in [6.07, 6.45) is 0.298. The Kier molecular flexibility index (Phi) is 7.61. The second kappa shape index (κ2) is 11.1. The first kappa shape index (κ1) is 26.7. The van der Waals surface area contributed by atoms with Crippen LogP contribution in [0.5, 0.6) is 5.75 Å². The van der Waals surface area contributed by atoms with Crippen LogP contribution in [0, 0.1) is 18.6 Å². The first-order valence-electron chi connectivity index (χ1n) is 13.3. The van der Waals surface area contributed by atoms with Crippen LogP contribution in [0.15, 0.2) is 48.5 Å². The monoisotopic (exact) mass is 534 g/mol. The minimum absolute atomic E-state index is 0.137. The van der Waals surface area contributed by atoms with Crippen molar-refractivity contribution in [3.05, 3.63) is 88.0 Å². The maximum Gasteiger partial charge on any atom is 0.304 e. The van der Waals surface area contributed by atoms with Crippen molar-refractivity contribution in [1.82, 2.24) is 19.9 Å². The van der Waals surface area contributed by atoms with Gasteiger partial charge in [-0.25, -0.2) is 13.5 Å². The summed E-state index contributed by atoms with van der Waals surface area (Å²) in [5.74, 6) is -2.32. The molecule has 2 heterocycles. The number of nitrogens with zero attached hydrogens (tertiary/aromatic N) is 4. The van der Waals surface area contributed by atoms with Gasteiger partial charge in [0.2, 0.25) is 0 Å². The molecule has 5 rings (SSSR count). The number of carbonyl (C=O) groups is 1. The number of rotatable bonds is 8. The third-order valence-corrected chi connectivity index (χ3v) is 7.52. The molecule has 1 aliphatic rings. The molecule has 1 N–H and O–H groups in total. The number of aryl methyl sites for hydroxylation is 2. The first-order chi connectivity index (χ1) is 18.8. The van der Waals surface area contributed by atoms with Gasteiger partial charge < -0.3 is 9.84 Å². The molecule has 0 fully saturated rings. The third kappa shape index (κ3) is 5.36. The molecule has 0 spiro atoms. The average molecular weight is 535 g/mol. The van der Waals surface area contributed by atoms with Crippen molar-refractivity contribution in [3.63, 3.8) is 0 Å². The summed E-state index contributed by atoms with van der Waals surface area (Å²) in [6, 6.07) is 14.2. The van der Waals surface area contributed by atoms with Crippen LogP contribution in [0.1, 0.15) is 60.4 Å². The highest BCUT2D eigenvalue weighted by Gasteiger charge is 2.27. The van der Waals surface area contributed by atoms with E-state index in [1.807, 2.05) is 45.0 Å². The molecule has 4 aromatic rings. The standard InChI is InChI=1S/C30H32F2N4O3/c1-4-22-17-35(15-20-7-6-8-25(31)30(20)39-22)16-21-13-19(10-9-18(21)3)24(14-27(37)38)23-11-12-26-29(28(23)32)33-34-36(26)5-2/h6-13,22,24H,4-5,14-17H2,1-3H3,(H,37,38)/t22-,24+/m1/s1. The van der Waals surface area contributed by atoms with E-state index in [1.165, 1.54) is 6.07 Å². The van der Waals surface area contributed by atoms with Crippen LogP contribution < -0.4 is 4.74 Å². The van der Waals surface area contributed by atoms with Crippen molar-refractivity contribution in [2.24, 2.45) is 0 Å². The normalized spacial score (nSPS) is 16.5. The number of hydrogen-bond acceptors (Lipinski definition) is 5. The molecule has 2 atom stereocenters. The highest BCUT2D eigenvalue weighted by Crippen LogP contribution is 2.35. The summed E-state index contributed by atoms with van der Waals surface area (Å²) in [5.41, 5.74) is 4.52.